The summed E-state index contributed by atoms with van der Waals surface area (Å²) in [4.78, 5) is 42.7. The van der Waals surface area contributed by atoms with E-state index in [-0.39, 0.29) is 31.7 Å². The molecule has 0 radical (unpaired) electrons. The van der Waals surface area contributed by atoms with Gasteiger partial charge in [0, 0.05) is 19.4 Å². The Balaban J connectivity index is 1.85. The first-order chi connectivity index (χ1) is 15.1. The third-order valence-electron chi connectivity index (χ3n) is 5.68. The molecule has 0 saturated carbocycles. The smallest absolute Gasteiger partial charge is 0.329 e. The van der Waals surface area contributed by atoms with Gasteiger partial charge in [0.1, 0.15) is 11.8 Å². The highest BCUT2D eigenvalue weighted by Crippen LogP contribution is 2.30. The lowest BCUT2D eigenvalue weighted by Crippen LogP contribution is -2.50. The Bertz CT molecular complexity index is 996. The SMILES string of the molecule is COC(=O)[C@@H]1Cc2ncn(Cc3ccc(OC)cc3)c2CN1C(=O)CC(C)(C)CC(=O)O. The maximum Gasteiger partial charge on any atom is 0.329 e. The predicted octanol–water partition coefficient (Wildman–Crippen LogP) is 2.26. The van der Waals surface area contributed by atoms with Crippen LogP contribution in [0.3, 0.4) is 0 Å². The van der Waals surface area contributed by atoms with Gasteiger partial charge in [-0.15, -0.1) is 0 Å². The first kappa shape index (κ1) is 23.3. The van der Waals surface area contributed by atoms with Gasteiger partial charge in [-0.05, 0) is 23.1 Å². The molecule has 3 rings (SSSR count). The minimum absolute atomic E-state index is 0.00868. The van der Waals surface area contributed by atoms with Crippen molar-refractivity contribution in [2.45, 2.75) is 52.2 Å². The lowest BCUT2D eigenvalue weighted by atomic mass is 9.84. The van der Waals surface area contributed by atoms with Gasteiger partial charge in [0.25, 0.3) is 0 Å². The van der Waals surface area contributed by atoms with Crippen molar-refractivity contribution in [3.05, 3.63) is 47.5 Å². The van der Waals surface area contributed by atoms with Crippen LogP contribution < -0.4 is 4.74 Å². The van der Waals surface area contributed by atoms with E-state index in [4.69, 9.17) is 14.6 Å². The molecule has 1 aromatic carbocycles. The number of carboxylic acids is 1. The third kappa shape index (κ3) is 5.27. The van der Waals surface area contributed by atoms with Crippen molar-refractivity contribution in [2.75, 3.05) is 14.2 Å². The fourth-order valence-electron chi connectivity index (χ4n) is 4.02. The molecule has 0 saturated heterocycles. The molecule has 172 valence electrons. The maximum absolute atomic E-state index is 13.2. The van der Waals surface area contributed by atoms with E-state index in [0.717, 1.165) is 22.7 Å². The summed E-state index contributed by atoms with van der Waals surface area (Å²) in [5, 5.41) is 9.14. The van der Waals surface area contributed by atoms with Crippen molar-refractivity contribution < 1.29 is 29.0 Å². The molecule has 2 aromatic rings. The molecule has 2 heterocycles. The molecule has 0 unspecified atom stereocenters. The number of hydrogen-bond acceptors (Lipinski definition) is 6. The molecule has 1 amide bonds. The number of amides is 1. The fourth-order valence-corrected chi connectivity index (χ4v) is 4.02. The van der Waals surface area contributed by atoms with Crippen LogP contribution in [0.25, 0.3) is 0 Å². The summed E-state index contributed by atoms with van der Waals surface area (Å²) in [6, 6.07) is 6.90. The van der Waals surface area contributed by atoms with Gasteiger partial charge in [-0.25, -0.2) is 9.78 Å². The summed E-state index contributed by atoms with van der Waals surface area (Å²) >= 11 is 0. The van der Waals surface area contributed by atoms with E-state index in [2.05, 4.69) is 4.98 Å². The fraction of sp³-hybridized carbons (Fsp3) is 0.478. The van der Waals surface area contributed by atoms with Crippen LogP contribution in [0.4, 0.5) is 0 Å². The summed E-state index contributed by atoms with van der Waals surface area (Å²) in [6.07, 6.45) is 1.83. The van der Waals surface area contributed by atoms with Crippen molar-refractivity contribution in [3.63, 3.8) is 0 Å². The van der Waals surface area contributed by atoms with E-state index in [1.165, 1.54) is 12.0 Å². The Morgan fingerprint density at radius 3 is 2.44 bits per heavy atom. The molecule has 9 heteroatoms. The van der Waals surface area contributed by atoms with Crippen LogP contribution in [0.1, 0.15) is 43.6 Å². The number of ether oxygens (including phenoxy) is 2. The van der Waals surface area contributed by atoms with Gasteiger partial charge < -0.3 is 24.0 Å². The highest BCUT2D eigenvalue weighted by molar-refractivity contribution is 5.86. The van der Waals surface area contributed by atoms with Crippen LogP contribution >= 0.6 is 0 Å². The zero-order chi connectivity index (χ0) is 23.5. The summed E-state index contributed by atoms with van der Waals surface area (Å²) in [7, 11) is 2.90. The topological polar surface area (TPSA) is 111 Å². The summed E-state index contributed by atoms with van der Waals surface area (Å²) in [5.74, 6) is -0.992. The number of carbonyl (C=O) groups is 3. The van der Waals surface area contributed by atoms with Crippen molar-refractivity contribution in [1.82, 2.24) is 14.5 Å². The zero-order valence-corrected chi connectivity index (χ0v) is 18.8. The lowest BCUT2D eigenvalue weighted by Gasteiger charge is -2.36. The second-order valence-corrected chi connectivity index (χ2v) is 8.79. The molecule has 0 fully saturated rings. The van der Waals surface area contributed by atoms with Gasteiger partial charge in [0.05, 0.1) is 44.9 Å². The van der Waals surface area contributed by atoms with E-state index in [9.17, 15) is 14.4 Å². The van der Waals surface area contributed by atoms with Crippen LogP contribution in [-0.4, -0.2) is 57.7 Å². The molecule has 9 nitrogen and oxygen atoms in total. The Morgan fingerprint density at radius 1 is 1.16 bits per heavy atom. The quantitative estimate of drug-likeness (QED) is 0.623. The first-order valence-electron chi connectivity index (χ1n) is 10.4. The summed E-state index contributed by atoms with van der Waals surface area (Å²) < 4.78 is 12.1. The third-order valence-corrected chi connectivity index (χ3v) is 5.68. The van der Waals surface area contributed by atoms with E-state index < -0.39 is 23.4 Å². The molecule has 1 aromatic heterocycles. The Kier molecular flexibility index (Phi) is 6.86. The molecule has 32 heavy (non-hydrogen) atoms. The number of hydrogen-bond donors (Lipinski definition) is 1. The number of benzene rings is 1. The van der Waals surface area contributed by atoms with E-state index in [0.29, 0.717) is 6.54 Å². The minimum atomic E-state index is -0.967. The molecule has 1 aliphatic rings. The van der Waals surface area contributed by atoms with E-state index in [1.807, 2.05) is 28.8 Å². The van der Waals surface area contributed by atoms with Gasteiger partial charge in [-0.2, -0.15) is 0 Å². The summed E-state index contributed by atoms with van der Waals surface area (Å²) in [5.41, 5.74) is 1.90. The van der Waals surface area contributed by atoms with Gasteiger partial charge in [0.2, 0.25) is 5.91 Å². The van der Waals surface area contributed by atoms with Crippen molar-refractivity contribution in [3.8, 4) is 5.75 Å². The lowest BCUT2D eigenvalue weighted by molar-refractivity contribution is -0.155. The zero-order valence-electron chi connectivity index (χ0n) is 18.8. The van der Waals surface area contributed by atoms with Gasteiger partial charge in [0.15, 0.2) is 0 Å². The molecule has 0 spiro atoms. The number of methoxy groups -OCH3 is 2. The average Bonchev–Trinajstić information content (AvgIpc) is 3.13. The number of aliphatic carboxylic acids is 1. The normalized spacial score (nSPS) is 15.8. The van der Waals surface area contributed by atoms with Gasteiger partial charge in [-0.1, -0.05) is 26.0 Å². The number of carboxylic acid groups (broad SMARTS) is 1. The molecule has 0 bridgehead atoms. The number of esters is 1. The van der Waals surface area contributed by atoms with Crippen LogP contribution in [0.2, 0.25) is 0 Å². The number of carbonyl (C=O) groups excluding carboxylic acids is 2. The predicted molar refractivity (Wildman–Crippen MR) is 115 cm³/mol. The molecular formula is C23H29N3O6. The highest BCUT2D eigenvalue weighted by Gasteiger charge is 2.39. The summed E-state index contributed by atoms with van der Waals surface area (Å²) in [6.45, 7) is 4.22. The van der Waals surface area contributed by atoms with Crippen molar-refractivity contribution >= 4 is 17.8 Å². The van der Waals surface area contributed by atoms with Crippen LogP contribution in [-0.2, 0) is 38.6 Å². The number of rotatable bonds is 8. The Morgan fingerprint density at radius 2 is 1.84 bits per heavy atom. The maximum atomic E-state index is 13.2. The van der Waals surface area contributed by atoms with E-state index in [1.54, 1.807) is 27.3 Å². The van der Waals surface area contributed by atoms with Crippen LogP contribution in [0.5, 0.6) is 5.75 Å². The molecule has 0 aliphatic carbocycles. The molecule has 1 atom stereocenters. The second-order valence-electron chi connectivity index (χ2n) is 8.79. The van der Waals surface area contributed by atoms with Gasteiger partial charge >= 0.3 is 11.9 Å². The van der Waals surface area contributed by atoms with Crippen LogP contribution in [0, 0.1) is 5.41 Å². The first-order valence-corrected chi connectivity index (χ1v) is 10.4. The highest BCUT2D eigenvalue weighted by atomic mass is 16.5. The second kappa shape index (κ2) is 9.42. The average molecular weight is 444 g/mol. The van der Waals surface area contributed by atoms with Crippen molar-refractivity contribution in [2.24, 2.45) is 5.41 Å². The van der Waals surface area contributed by atoms with Gasteiger partial charge in [-0.3, -0.25) is 9.59 Å². The van der Waals surface area contributed by atoms with Crippen molar-refractivity contribution in [1.29, 1.82) is 0 Å². The molecule has 1 N–H and O–H groups in total. The Labute approximate surface area is 186 Å². The molecule has 1 aliphatic heterocycles. The van der Waals surface area contributed by atoms with E-state index >= 15 is 0 Å². The number of imidazole rings is 1. The largest absolute Gasteiger partial charge is 0.497 e. The monoisotopic (exact) mass is 443 g/mol. The van der Waals surface area contributed by atoms with Crippen LogP contribution in [0.15, 0.2) is 30.6 Å². The number of fused-ring (bicyclic) bond motifs is 1. The minimum Gasteiger partial charge on any atom is -0.497 e. The standard InChI is InChI=1S/C23H29N3O6/c1-23(2,11-21(28)29)10-20(27)26-13-19-17(9-18(26)22(30)32-4)24-14-25(19)12-15-5-7-16(31-3)8-6-15/h5-8,14,18H,9-13H2,1-4H3,(H,28,29)/t18-/m0/s1. The molecular weight excluding hydrogens is 414 g/mol. The number of aromatic nitrogens is 2. The number of nitrogens with zero attached hydrogens (tertiary/aromatic N) is 3. The Hall–Kier alpha value is -3.36.